The van der Waals surface area contributed by atoms with E-state index in [2.05, 4.69) is 15.2 Å². The summed E-state index contributed by atoms with van der Waals surface area (Å²) in [6, 6.07) is 1.68. The summed E-state index contributed by atoms with van der Waals surface area (Å²) in [5.74, 6) is 2.19. The minimum atomic E-state index is -0.199. The van der Waals surface area contributed by atoms with Crippen LogP contribution in [0.2, 0.25) is 0 Å². The van der Waals surface area contributed by atoms with Gasteiger partial charge < -0.3 is 14.2 Å². The second-order valence-corrected chi connectivity index (χ2v) is 6.77. The predicted octanol–water partition coefficient (Wildman–Crippen LogP) is 1.31. The van der Waals surface area contributed by atoms with Crippen molar-refractivity contribution in [3.8, 4) is 5.88 Å². The molecule has 1 saturated carbocycles. The summed E-state index contributed by atoms with van der Waals surface area (Å²) in [4.78, 5) is 19.2. The van der Waals surface area contributed by atoms with Gasteiger partial charge in [0.1, 0.15) is 0 Å². The Bertz CT molecular complexity index is 783. The fraction of sp³-hybridized carbons (Fsp3) is 0.625. The molecular formula is C16H21N5O3. The van der Waals surface area contributed by atoms with Crippen molar-refractivity contribution in [2.45, 2.75) is 31.6 Å². The summed E-state index contributed by atoms with van der Waals surface area (Å²) < 4.78 is 12.3. The highest BCUT2D eigenvalue weighted by atomic mass is 16.5. The van der Waals surface area contributed by atoms with Crippen molar-refractivity contribution in [3.05, 3.63) is 23.5 Å². The fourth-order valence-corrected chi connectivity index (χ4v) is 4.20. The first-order valence-electron chi connectivity index (χ1n) is 8.21. The van der Waals surface area contributed by atoms with Crippen molar-refractivity contribution >= 4 is 5.91 Å². The molecule has 2 atom stereocenters. The summed E-state index contributed by atoms with van der Waals surface area (Å²) in [5, 5.41) is 8.22. The molecule has 0 radical (unpaired) electrons. The van der Waals surface area contributed by atoms with E-state index in [0.717, 1.165) is 19.3 Å². The van der Waals surface area contributed by atoms with E-state index >= 15 is 0 Å². The molecule has 2 aromatic rings. The highest BCUT2D eigenvalue weighted by Crippen LogP contribution is 2.50. The van der Waals surface area contributed by atoms with E-state index in [9.17, 15) is 4.79 Å². The maximum atomic E-state index is 12.9. The molecule has 1 aliphatic carbocycles. The molecule has 4 rings (SSSR count). The Morgan fingerprint density at radius 3 is 3.00 bits per heavy atom. The summed E-state index contributed by atoms with van der Waals surface area (Å²) >= 11 is 0. The van der Waals surface area contributed by atoms with Gasteiger partial charge in [0, 0.05) is 26.2 Å². The first kappa shape index (κ1) is 15.2. The van der Waals surface area contributed by atoms with Crippen molar-refractivity contribution < 1.29 is 14.1 Å². The maximum absolute atomic E-state index is 12.9. The SMILES string of the molecule is COc1cc(C(=O)N2C[C@@H]3CCC[C@]3(c3nc(C)no3)C2)nn1C. The van der Waals surface area contributed by atoms with Gasteiger partial charge in [-0.05, 0) is 25.7 Å². The number of amides is 1. The van der Waals surface area contributed by atoms with Gasteiger partial charge in [-0.15, -0.1) is 0 Å². The highest BCUT2D eigenvalue weighted by Gasteiger charge is 2.55. The van der Waals surface area contributed by atoms with E-state index in [1.165, 1.54) is 0 Å². The van der Waals surface area contributed by atoms with E-state index in [-0.39, 0.29) is 11.3 Å². The Balaban J connectivity index is 1.61. The number of rotatable bonds is 3. The van der Waals surface area contributed by atoms with E-state index in [0.29, 0.717) is 42.3 Å². The number of likely N-dealkylation sites (tertiary alicyclic amines) is 1. The number of carbonyl (C=O) groups excluding carboxylic acids is 1. The van der Waals surface area contributed by atoms with Crippen LogP contribution in [0.5, 0.6) is 5.88 Å². The molecule has 2 fully saturated rings. The predicted molar refractivity (Wildman–Crippen MR) is 83.7 cm³/mol. The number of hydrogen-bond acceptors (Lipinski definition) is 6. The third-order valence-electron chi connectivity index (χ3n) is 5.38. The van der Waals surface area contributed by atoms with Crippen LogP contribution < -0.4 is 4.74 Å². The van der Waals surface area contributed by atoms with Gasteiger partial charge >= 0.3 is 0 Å². The zero-order valence-corrected chi connectivity index (χ0v) is 14.2. The number of methoxy groups -OCH3 is 1. The number of fused-ring (bicyclic) bond motifs is 1. The van der Waals surface area contributed by atoms with Gasteiger partial charge in [-0.2, -0.15) is 10.1 Å². The van der Waals surface area contributed by atoms with Gasteiger partial charge in [-0.1, -0.05) is 11.6 Å². The average molecular weight is 331 g/mol. The van der Waals surface area contributed by atoms with Gasteiger partial charge in [0.15, 0.2) is 11.5 Å². The molecule has 0 N–H and O–H groups in total. The Hall–Kier alpha value is -2.38. The molecule has 8 nitrogen and oxygen atoms in total. The molecule has 1 saturated heterocycles. The van der Waals surface area contributed by atoms with Crippen LogP contribution in [-0.2, 0) is 12.5 Å². The van der Waals surface area contributed by atoms with Crippen LogP contribution in [0.15, 0.2) is 10.6 Å². The lowest BCUT2D eigenvalue weighted by molar-refractivity contribution is 0.0768. The van der Waals surface area contributed by atoms with Crippen molar-refractivity contribution in [3.63, 3.8) is 0 Å². The summed E-state index contributed by atoms with van der Waals surface area (Å²) in [5.41, 5.74) is 0.210. The molecule has 2 aliphatic rings. The summed E-state index contributed by atoms with van der Waals surface area (Å²) in [6.07, 6.45) is 3.19. The number of aromatic nitrogens is 4. The molecule has 0 bridgehead atoms. The molecule has 3 heterocycles. The Labute approximate surface area is 139 Å². The number of carbonyl (C=O) groups is 1. The quantitative estimate of drug-likeness (QED) is 0.843. The first-order chi connectivity index (χ1) is 11.5. The normalized spacial score (nSPS) is 26.0. The lowest BCUT2D eigenvalue weighted by Crippen LogP contribution is -2.35. The third-order valence-corrected chi connectivity index (χ3v) is 5.38. The first-order valence-corrected chi connectivity index (χ1v) is 8.21. The van der Waals surface area contributed by atoms with Crippen molar-refractivity contribution in [2.24, 2.45) is 13.0 Å². The third kappa shape index (κ3) is 2.12. The zero-order chi connectivity index (χ0) is 16.9. The van der Waals surface area contributed by atoms with Crippen LogP contribution in [0.1, 0.15) is 41.5 Å². The van der Waals surface area contributed by atoms with Gasteiger partial charge in [-0.25, -0.2) is 4.68 Å². The van der Waals surface area contributed by atoms with Crippen LogP contribution in [0.4, 0.5) is 0 Å². The summed E-state index contributed by atoms with van der Waals surface area (Å²) in [6.45, 7) is 3.14. The van der Waals surface area contributed by atoms with Crippen LogP contribution in [0, 0.1) is 12.8 Å². The van der Waals surface area contributed by atoms with Crippen LogP contribution in [-0.4, -0.2) is 50.9 Å². The molecule has 24 heavy (non-hydrogen) atoms. The molecule has 8 heteroatoms. The smallest absolute Gasteiger partial charge is 0.274 e. The van der Waals surface area contributed by atoms with Gasteiger partial charge in [-0.3, -0.25) is 4.79 Å². The number of aryl methyl sites for hydroxylation is 2. The van der Waals surface area contributed by atoms with E-state index in [4.69, 9.17) is 9.26 Å². The highest BCUT2D eigenvalue weighted by molar-refractivity contribution is 5.93. The minimum Gasteiger partial charge on any atom is -0.481 e. The number of ether oxygens (including phenoxy) is 1. The van der Waals surface area contributed by atoms with Crippen LogP contribution in [0.25, 0.3) is 0 Å². The zero-order valence-electron chi connectivity index (χ0n) is 14.2. The summed E-state index contributed by atoms with van der Waals surface area (Å²) in [7, 11) is 3.33. The molecule has 0 unspecified atom stereocenters. The Morgan fingerprint density at radius 1 is 1.50 bits per heavy atom. The van der Waals surface area contributed by atoms with E-state index < -0.39 is 0 Å². The van der Waals surface area contributed by atoms with E-state index in [1.807, 2.05) is 11.8 Å². The Morgan fingerprint density at radius 2 is 2.33 bits per heavy atom. The molecule has 1 aliphatic heterocycles. The molecular weight excluding hydrogens is 310 g/mol. The monoisotopic (exact) mass is 331 g/mol. The minimum absolute atomic E-state index is 0.0705. The van der Waals surface area contributed by atoms with Crippen molar-refractivity contribution in [1.82, 2.24) is 24.8 Å². The maximum Gasteiger partial charge on any atom is 0.274 e. The fourth-order valence-electron chi connectivity index (χ4n) is 4.20. The molecule has 0 spiro atoms. The topological polar surface area (TPSA) is 86.3 Å². The van der Waals surface area contributed by atoms with Gasteiger partial charge in [0.25, 0.3) is 5.91 Å². The molecule has 0 aromatic carbocycles. The van der Waals surface area contributed by atoms with Crippen LogP contribution >= 0.6 is 0 Å². The van der Waals surface area contributed by atoms with Gasteiger partial charge in [0.2, 0.25) is 11.8 Å². The van der Waals surface area contributed by atoms with Gasteiger partial charge in [0.05, 0.1) is 12.5 Å². The standard InChI is InChI=1S/C16H21N5O3/c1-10-17-15(24-19-10)16-6-4-5-11(16)8-21(9-16)14(22)12-7-13(23-3)20(2)18-12/h7,11H,4-6,8-9H2,1-3H3/t11-,16-/m0/s1. The van der Waals surface area contributed by atoms with Crippen molar-refractivity contribution in [1.29, 1.82) is 0 Å². The number of nitrogens with zero attached hydrogens (tertiary/aromatic N) is 5. The van der Waals surface area contributed by atoms with E-state index in [1.54, 1.807) is 24.9 Å². The lowest BCUT2D eigenvalue weighted by atomic mass is 9.80. The largest absolute Gasteiger partial charge is 0.481 e. The second-order valence-electron chi connectivity index (χ2n) is 6.77. The number of hydrogen-bond donors (Lipinski definition) is 0. The van der Waals surface area contributed by atoms with Crippen LogP contribution in [0.3, 0.4) is 0 Å². The lowest BCUT2D eigenvalue weighted by Gasteiger charge is -2.23. The molecule has 128 valence electrons. The van der Waals surface area contributed by atoms with Crippen molar-refractivity contribution in [2.75, 3.05) is 20.2 Å². The Kier molecular flexibility index (Phi) is 3.36. The average Bonchev–Trinajstić information content (AvgIpc) is 3.28. The second kappa shape index (κ2) is 5.32. The molecule has 2 aromatic heterocycles. The molecule has 1 amide bonds.